The molecule has 0 heterocycles. The Kier molecular flexibility index (Phi) is 4.28. The third kappa shape index (κ3) is 3.58. The highest BCUT2D eigenvalue weighted by molar-refractivity contribution is 5.72. The molecule has 1 rings (SSSR count). The Labute approximate surface area is 93.1 Å². The molecule has 0 aromatic heterocycles. The van der Waals surface area contributed by atoms with Crippen LogP contribution in [0, 0.1) is 17.1 Å². The average molecular weight is 221 g/mol. The molecule has 84 valence electrons. The summed E-state index contributed by atoms with van der Waals surface area (Å²) in [6, 6.07) is 5.84. The van der Waals surface area contributed by atoms with E-state index in [2.05, 4.69) is 10.6 Å². The summed E-state index contributed by atoms with van der Waals surface area (Å²) in [6.45, 7) is 2.37. The van der Waals surface area contributed by atoms with E-state index < -0.39 is 5.82 Å². The van der Waals surface area contributed by atoms with Gasteiger partial charge >= 0.3 is 0 Å². The lowest BCUT2D eigenvalue weighted by molar-refractivity contribution is -0.118. The maximum Gasteiger partial charge on any atom is 0.216 e. The number of hydrogen-bond donors (Lipinski definition) is 2. The molecule has 0 atom stereocenters. The Morgan fingerprint density at radius 3 is 2.88 bits per heavy atom. The number of nitriles is 1. The van der Waals surface area contributed by atoms with E-state index in [0.29, 0.717) is 18.8 Å². The predicted octanol–water partition coefficient (Wildman–Crippen LogP) is 1.25. The smallest absolute Gasteiger partial charge is 0.216 e. The van der Waals surface area contributed by atoms with Gasteiger partial charge in [0.2, 0.25) is 5.91 Å². The molecule has 0 bridgehead atoms. The highest BCUT2D eigenvalue weighted by Gasteiger charge is 2.02. The zero-order valence-corrected chi connectivity index (χ0v) is 8.88. The summed E-state index contributed by atoms with van der Waals surface area (Å²) in [5.74, 6) is -0.551. The lowest BCUT2D eigenvalue weighted by atomic mass is 10.2. The van der Waals surface area contributed by atoms with Crippen LogP contribution in [0.1, 0.15) is 12.5 Å². The third-order valence-electron chi connectivity index (χ3n) is 1.92. The van der Waals surface area contributed by atoms with Gasteiger partial charge in [0.05, 0.1) is 11.3 Å². The normalized spacial score (nSPS) is 9.31. The predicted molar refractivity (Wildman–Crippen MR) is 58.3 cm³/mol. The minimum atomic E-state index is -0.441. The molecular formula is C11H12FN3O. The molecule has 0 unspecified atom stereocenters. The molecule has 0 fully saturated rings. The minimum Gasteiger partial charge on any atom is -0.382 e. The average Bonchev–Trinajstić information content (AvgIpc) is 2.25. The van der Waals surface area contributed by atoms with E-state index in [9.17, 15) is 9.18 Å². The summed E-state index contributed by atoms with van der Waals surface area (Å²) < 4.78 is 12.8. The van der Waals surface area contributed by atoms with Crippen molar-refractivity contribution in [2.24, 2.45) is 0 Å². The quantitative estimate of drug-likeness (QED) is 0.752. The van der Waals surface area contributed by atoms with Crippen LogP contribution < -0.4 is 10.6 Å². The Balaban J connectivity index is 2.54. The second kappa shape index (κ2) is 5.71. The van der Waals surface area contributed by atoms with E-state index in [1.165, 1.54) is 25.1 Å². The summed E-state index contributed by atoms with van der Waals surface area (Å²) in [6.07, 6.45) is 0. The second-order valence-corrected chi connectivity index (χ2v) is 3.21. The fourth-order valence-corrected chi connectivity index (χ4v) is 1.20. The van der Waals surface area contributed by atoms with Crippen molar-refractivity contribution in [1.29, 1.82) is 5.26 Å². The van der Waals surface area contributed by atoms with Crippen LogP contribution in [0.15, 0.2) is 18.2 Å². The standard InChI is InChI=1S/C11H12FN3O/c1-8(16)14-4-5-15-11-3-2-10(12)6-9(11)7-13/h2-3,6,15H,4-5H2,1H3,(H,14,16). The number of carbonyl (C=O) groups excluding carboxylic acids is 1. The third-order valence-corrected chi connectivity index (χ3v) is 1.92. The fourth-order valence-electron chi connectivity index (χ4n) is 1.20. The summed E-state index contributed by atoms with van der Waals surface area (Å²) in [5.41, 5.74) is 0.817. The van der Waals surface area contributed by atoms with E-state index in [4.69, 9.17) is 5.26 Å². The molecule has 0 saturated heterocycles. The van der Waals surface area contributed by atoms with Gasteiger partial charge in [-0.25, -0.2) is 4.39 Å². The van der Waals surface area contributed by atoms with Crippen LogP contribution in [0.25, 0.3) is 0 Å². The van der Waals surface area contributed by atoms with Gasteiger partial charge in [0.1, 0.15) is 11.9 Å². The molecule has 0 aliphatic heterocycles. The molecule has 1 aromatic rings. The first-order chi connectivity index (χ1) is 7.63. The number of benzene rings is 1. The van der Waals surface area contributed by atoms with E-state index in [1.54, 1.807) is 0 Å². The first kappa shape index (κ1) is 12.0. The number of amides is 1. The van der Waals surface area contributed by atoms with E-state index in [1.807, 2.05) is 6.07 Å². The van der Waals surface area contributed by atoms with E-state index in [-0.39, 0.29) is 11.5 Å². The number of nitrogens with zero attached hydrogens (tertiary/aromatic N) is 1. The summed E-state index contributed by atoms with van der Waals surface area (Å²) >= 11 is 0. The summed E-state index contributed by atoms with van der Waals surface area (Å²) in [4.78, 5) is 10.6. The molecule has 0 radical (unpaired) electrons. The topological polar surface area (TPSA) is 64.9 Å². The maximum atomic E-state index is 12.8. The van der Waals surface area contributed by atoms with Gasteiger partial charge in [-0.1, -0.05) is 0 Å². The fraction of sp³-hybridized carbons (Fsp3) is 0.273. The Bertz CT molecular complexity index is 426. The molecule has 0 aliphatic rings. The summed E-state index contributed by atoms with van der Waals surface area (Å²) in [5, 5.41) is 14.3. The largest absolute Gasteiger partial charge is 0.382 e. The Morgan fingerprint density at radius 2 is 2.25 bits per heavy atom. The highest BCUT2D eigenvalue weighted by atomic mass is 19.1. The first-order valence-electron chi connectivity index (χ1n) is 4.81. The first-order valence-corrected chi connectivity index (χ1v) is 4.81. The van der Waals surface area contributed by atoms with Crippen molar-refractivity contribution < 1.29 is 9.18 Å². The van der Waals surface area contributed by atoms with Crippen molar-refractivity contribution >= 4 is 11.6 Å². The number of nitrogens with one attached hydrogen (secondary N) is 2. The van der Waals surface area contributed by atoms with Gasteiger partial charge in [0.25, 0.3) is 0 Å². The SMILES string of the molecule is CC(=O)NCCNc1ccc(F)cc1C#N. The van der Waals surface area contributed by atoms with Crippen LogP contribution in [0.5, 0.6) is 0 Å². The van der Waals surface area contributed by atoms with Crippen molar-refractivity contribution in [3.05, 3.63) is 29.6 Å². The van der Waals surface area contributed by atoms with Gasteiger partial charge in [-0.3, -0.25) is 4.79 Å². The zero-order valence-electron chi connectivity index (χ0n) is 8.88. The van der Waals surface area contributed by atoms with Crippen molar-refractivity contribution in [3.8, 4) is 6.07 Å². The van der Waals surface area contributed by atoms with Gasteiger partial charge in [0, 0.05) is 20.0 Å². The van der Waals surface area contributed by atoms with Gasteiger partial charge in [-0.05, 0) is 18.2 Å². The van der Waals surface area contributed by atoms with Crippen LogP contribution in [-0.4, -0.2) is 19.0 Å². The van der Waals surface area contributed by atoms with Crippen molar-refractivity contribution in [3.63, 3.8) is 0 Å². The van der Waals surface area contributed by atoms with Crippen LogP contribution in [0.2, 0.25) is 0 Å². The maximum absolute atomic E-state index is 12.8. The number of rotatable bonds is 4. The van der Waals surface area contributed by atoms with Crippen LogP contribution in [0.4, 0.5) is 10.1 Å². The zero-order chi connectivity index (χ0) is 12.0. The lowest BCUT2D eigenvalue weighted by Gasteiger charge is -2.08. The second-order valence-electron chi connectivity index (χ2n) is 3.21. The monoisotopic (exact) mass is 221 g/mol. The van der Waals surface area contributed by atoms with Gasteiger partial charge in [0.15, 0.2) is 0 Å². The van der Waals surface area contributed by atoms with Crippen LogP contribution >= 0.6 is 0 Å². The number of anilines is 1. The van der Waals surface area contributed by atoms with E-state index >= 15 is 0 Å². The molecule has 1 amide bonds. The molecule has 4 nitrogen and oxygen atoms in total. The molecule has 2 N–H and O–H groups in total. The van der Waals surface area contributed by atoms with Crippen molar-refractivity contribution in [1.82, 2.24) is 5.32 Å². The molecule has 0 saturated carbocycles. The molecule has 5 heteroatoms. The Hall–Kier alpha value is -2.09. The number of halogens is 1. The van der Waals surface area contributed by atoms with Crippen LogP contribution in [-0.2, 0) is 4.79 Å². The molecule has 16 heavy (non-hydrogen) atoms. The molecule has 0 spiro atoms. The molecular weight excluding hydrogens is 209 g/mol. The van der Waals surface area contributed by atoms with Gasteiger partial charge in [-0.15, -0.1) is 0 Å². The van der Waals surface area contributed by atoms with Crippen molar-refractivity contribution in [2.75, 3.05) is 18.4 Å². The van der Waals surface area contributed by atoms with Crippen molar-refractivity contribution in [2.45, 2.75) is 6.92 Å². The molecule has 0 aliphatic carbocycles. The summed E-state index contributed by atoms with van der Waals surface area (Å²) in [7, 11) is 0. The van der Waals surface area contributed by atoms with E-state index in [0.717, 1.165) is 0 Å². The van der Waals surface area contributed by atoms with Gasteiger partial charge < -0.3 is 10.6 Å². The van der Waals surface area contributed by atoms with Gasteiger partial charge in [-0.2, -0.15) is 5.26 Å². The van der Waals surface area contributed by atoms with Crippen LogP contribution in [0.3, 0.4) is 0 Å². The molecule has 1 aromatic carbocycles. The lowest BCUT2D eigenvalue weighted by Crippen LogP contribution is -2.26. The minimum absolute atomic E-state index is 0.110. The Morgan fingerprint density at radius 1 is 1.50 bits per heavy atom. The number of carbonyl (C=O) groups is 1. The number of hydrogen-bond acceptors (Lipinski definition) is 3. The highest BCUT2D eigenvalue weighted by Crippen LogP contribution is 2.15.